The maximum absolute atomic E-state index is 5.79. The number of hydrogen-bond acceptors (Lipinski definition) is 4. The number of nitrogens with zero attached hydrogens (tertiary/aromatic N) is 4. The van der Waals surface area contributed by atoms with Gasteiger partial charge in [0.1, 0.15) is 18.2 Å². The highest BCUT2D eigenvalue weighted by Crippen LogP contribution is 2.27. The fourth-order valence-electron chi connectivity index (χ4n) is 2.99. The molecule has 112 valence electrons. The van der Waals surface area contributed by atoms with Crippen molar-refractivity contribution < 1.29 is 4.74 Å². The third-order valence-corrected chi connectivity index (χ3v) is 4.11. The van der Waals surface area contributed by atoms with Crippen molar-refractivity contribution in [3.05, 3.63) is 42.2 Å². The van der Waals surface area contributed by atoms with Gasteiger partial charge in [0, 0.05) is 25.3 Å². The molecule has 1 atom stereocenters. The van der Waals surface area contributed by atoms with Crippen LogP contribution >= 0.6 is 0 Å². The summed E-state index contributed by atoms with van der Waals surface area (Å²) in [5.41, 5.74) is 1.13. The molecule has 0 bridgehead atoms. The van der Waals surface area contributed by atoms with E-state index >= 15 is 0 Å². The second-order valence-corrected chi connectivity index (χ2v) is 5.74. The second-order valence-electron chi connectivity index (χ2n) is 5.74. The molecule has 5 heteroatoms. The van der Waals surface area contributed by atoms with Crippen LogP contribution in [0, 0.1) is 0 Å². The summed E-state index contributed by atoms with van der Waals surface area (Å²) in [6, 6.07) is 4.69. The van der Waals surface area contributed by atoms with Crippen molar-refractivity contribution in [3.8, 4) is 5.75 Å². The average molecular weight is 286 g/mol. The highest BCUT2D eigenvalue weighted by atomic mass is 16.5. The van der Waals surface area contributed by atoms with Crippen molar-refractivity contribution in [2.75, 3.05) is 6.54 Å². The van der Waals surface area contributed by atoms with Gasteiger partial charge in [-0.05, 0) is 32.9 Å². The van der Waals surface area contributed by atoms with Gasteiger partial charge >= 0.3 is 0 Å². The molecule has 0 radical (unpaired) electrons. The monoisotopic (exact) mass is 286 g/mol. The first-order valence-electron chi connectivity index (χ1n) is 7.49. The average Bonchev–Trinajstić information content (AvgIpc) is 2.90. The summed E-state index contributed by atoms with van der Waals surface area (Å²) in [4.78, 5) is 11.1. The number of imidazole rings is 1. The van der Waals surface area contributed by atoms with Gasteiger partial charge in [0.2, 0.25) is 0 Å². The van der Waals surface area contributed by atoms with E-state index in [-0.39, 0.29) is 0 Å². The minimum atomic E-state index is 0.353. The lowest BCUT2D eigenvalue weighted by Gasteiger charge is -2.37. The van der Waals surface area contributed by atoms with Gasteiger partial charge < -0.3 is 9.30 Å². The van der Waals surface area contributed by atoms with Gasteiger partial charge in [0.15, 0.2) is 0 Å². The zero-order chi connectivity index (χ0) is 14.8. The molecule has 1 aliphatic rings. The van der Waals surface area contributed by atoms with E-state index in [1.54, 1.807) is 12.4 Å². The third kappa shape index (κ3) is 2.78. The molecular weight excluding hydrogens is 264 g/mol. The van der Waals surface area contributed by atoms with Crippen molar-refractivity contribution in [3.63, 3.8) is 0 Å². The summed E-state index contributed by atoms with van der Waals surface area (Å²) >= 11 is 0. The highest BCUT2D eigenvalue weighted by Gasteiger charge is 2.28. The lowest BCUT2D eigenvalue weighted by atomic mass is 10.1. The van der Waals surface area contributed by atoms with E-state index < -0.39 is 0 Å². The molecule has 2 aromatic rings. The molecule has 5 nitrogen and oxygen atoms in total. The Balaban J connectivity index is 1.74. The highest BCUT2D eigenvalue weighted by molar-refractivity contribution is 5.17. The molecule has 0 saturated heterocycles. The number of hydrogen-bond donors (Lipinski definition) is 0. The van der Waals surface area contributed by atoms with Crippen LogP contribution in [-0.4, -0.2) is 32.0 Å². The molecule has 0 unspecified atom stereocenters. The van der Waals surface area contributed by atoms with Gasteiger partial charge in [0.05, 0.1) is 24.1 Å². The Bertz CT molecular complexity index is 594. The molecular formula is C16H22N4O. The van der Waals surface area contributed by atoms with Crippen LogP contribution in [0.4, 0.5) is 0 Å². The minimum Gasteiger partial charge on any atom is -0.486 e. The predicted octanol–water partition coefficient (Wildman–Crippen LogP) is 2.64. The normalized spacial score (nSPS) is 18.8. The molecule has 0 amide bonds. The Morgan fingerprint density at radius 2 is 2.19 bits per heavy atom. The molecule has 2 aromatic heterocycles. The number of aromatic nitrogens is 3. The topological polar surface area (TPSA) is 43.2 Å². The van der Waals surface area contributed by atoms with Crippen molar-refractivity contribution >= 4 is 0 Å². The number of rotatable bonds is 4. The van der Waals surface area contributed by atoms with Gasteiger partial charge in [-0.3, -0.25) is 9.88 Å². The largest absolute Gasteiger partial charge is 0.486 e. The van der Waals surface area contributed by atoms with E-state index in [1.165, 1.54) is 0 Å². The van der Waals surface area contributed by atoms with Crippen molar-refractivity contribution in [2.45, 2.75) is 46.0 Å². The van der Waals surface area contributed by atoms with Gasteiger partial charge in [-0.2, -0.15) is 0 Å². The zero-order valence-electron chi connectivity index (χ0n) is 12.9. The Kier molecular flexibility index (Phi) is 3.92. The van der Waals surface area contributed by atoms with E-state index in [1.807, 2.05) is 18.3 Å². The maximum atomic E-state index is 5.79. The molecule has 0 aromatic carbocycles. The first-order valence-corrected chi connectivity index (χ1v) is 7.49. The smallest absolute Gasteiger partial charge is 0.138 e. The van der Waals surface area contributed by atoms with Gasteiger partial charge in [-0.1, -0.05) is 0 Å². The van der Waals surface area contributed by atoms with Crippen LogP contribution in [0.15, 0.2) is 30.7 Å². The first-order chi connectivity index (χ1) is 10.2. The van der Waals surface area contributed by atoms with Crippen LogP contribution in [0.2, 0.25) is 0 Å². The lowest BCUT2D eigenvalue weighted by molar-refractivity contribution is 0.123. The third-order valence-electron chi connectivity index (χ3n) is 4.11. The zero-order valence-corrected chi connectivity index (χ0v) is 12.9. The van der Waals surface area contributed by atoms with Crippen molar-refractivity contribution in [1.82, 2.24) is 19.4 Å². The Morgan fingerprint density at radius 1 is 1.33 bits per heavy atom. The van der Waals surface area contributed by atoms with E-state index in [2.05, 4.69) is 40.2 Å². The summed E-state index contributed by atoms with van der Waals surface area (Å²) in [5.74, 6) is 1.93. The quantitative estimate of drug-likeness (QED) is 0.866. The SMILES string of the molecule is CC(C)N1CCn2c(COc3cccnc3)cnc2[C@H]1C. The standard InChI is InChI=1S/C16H22N4O/c1-12(2)19-7-8-20-14(9-18-16(20)13(19)3)11-21-15-5-4-6-17-10-15/h4-6,9-10,12-13H,7-8,11H2,1-3H3/t13-/m1/s1. The van der Waals surface area contributed by atoms with Crippen LogP contribution < -0.4 is 4.74 Å². The summed E-state index contributed by atoms with van der Waals surface area (Å²) in [5, 5.41) is 0. The first kappa shape index (κ1) is 14.1. The Morgan fingerprint density at radius 3 is 2.90 bits per heavy atom. The number of pyridine rings is 1. The van der Waals surface area contributed by atoms with Crippen LogP contribution in [0.3, 0.4) is 0 Å². The van der Waals surface area contributed by atoms with Crippen LogP contribution in [0.1, 0.15) is 38.3 Å². The van der Waals surface area contributed by atoms with Gasteiger partial charge in [-0.25, -0.2) is 4.98 Å². The van der Waals surface area contributed by atoms with Crippen molar-refractivity contribution in [1.29, 1.82) is 0 Å². The lowest BCUT2D eigenvalue weighted by Crippen LogP contribution is -2.41. The van der Waals surface area contributed by atoms with Crippen LogP contribution in [-0.2, 0) is 13.2 Å². The fourth-order valence-corrected chi connectivity index (χ4v) is 2.99. The summed E-state index contributed by atoms with van der Waals surface area (Å²) in [6.45, 7) is 9.27. The predicted molar refractivity (Wildman–Crippen MR) is 81.1 cm³/mol. The van der Waals surface area contributed by atoms with E-state index in [0.717, 1.165) is 30.4 Å². The summed E-state index contributed by atoms with van der Waals surface area (Å²) in [6.07, 6.45) is 5.42. The molecule has 3 heterocycles. The number of fused-ring (bicyclic) bond motifs is 1. The van der Waals surface area contributed by atoms with Crippen molar-refractivity contribution in [2.24, 2.45) is 0 Å². The van der Waals surface area contributed by atoms with Gasteiger partial charge in [0.25, 0.3) is 0 Å². The second kappa shape index (κ2) is 5.85. The molecule has 21 heavy (non-hydrogen) atoms. The molecule has 0 spiro atoms. The van der Waals surface area contributed by atoms with E-state index in [9.17, 15) is 0 Å². The van der Waals surface area contributed by atoms with Gasteiger partial charge in [-0.15, -0.1) is 0 Å². The summed E-state index contributed by atoms with van der Waals surface area (Å²) < 4.78 is 8.08. The molecule has 0 aliphatic carbocycles. The maximum Gasteiger partial charge on any atom is 0.138 e. The van der Waals surface area contributed by atoms with Crippen LogP contribution in [0.5, 0.6) is 5.75 Å². The molecule has 0 fully saturated rings. The van der Waals surface area contributed by atoms with E-state index in [4.69, 9.17) is 4.74 Å². The fraction of sp³-hybridized carbons (Fsp3) is 0.500. The minimum absolute atomic E-state index is 0.353. The Labute approximate surface area is 125 Å². The molecule has 0 saturated carbocycles. The Hall–Kier alpha value is -1.88. The number of ether oxygens (including phenoxy) is 1. The van der Waals surface area contributed by atoms with E-state index in [0.29, 0.717) is 18.7 Å². The molecule has 1 aliphatic heterocycles. The molecule has 3 rings (SSSR count). The molecule has 0 N–H and O–H groups in total. The summed E-state index contributed by atoms with van der Waals surface area (Å²) in [7, 11) is 0. The van der Waals surface area contributed by atoms with Crippen LogP contribution in [0.25, 0.3) is 0 Å².